The summed E-state index contributed by atoms with van der Waals surface area (Å²) >= 11 is 0. The van der Waals surface area contributed by atoms with E-state index in [2.05, 4.69) is 15.4 Å². The minimum atomic E-state index is 0.149. The Kier molecular flexibility index (Phi) is 4.11. The minimum Gasteiger partial charge on any atom is -0.473 e. The minimum absolute atomic E-state index is 0.149. The van der Waals surface area contributed by atoms with Crippen molar-refractivity contribution in [3.8, 4) is 5.88 Å². The molecule has 6 nitrogen and oxygen atoms in total. The fourth-order valence-electron chi connectivity index (χ4n) is 2.07. The molecule has 0 saturated heterocycles. The molecule has 0 radical (unpaired) electrons. The van der Waals surface area contributed by atoms with E-state index in [-0.39, 0.29) is 12.2 Å². The number of nitrogens with one attached hydrogen (secondary N) is 1. The summed E-state index contributed by atoms with van der Waals surface area (Å²) in [5, 5.41) is 0. The summed E-state index contributed by atoms with van der Waals surface area (Å²) < 4.78 is 11.1. The van der Waals surface area contributed by atoms with E-state index in [0.717, 1.165) is 25.7 Å². The lowest BCUT2D eigenvalue weighted by Crippen LogP contribution is -2.29. The summed E-state index contributed by atoms with van der Waals surface area (Å²) in [6, 6.07) is 0. The quantitative estimate of drug-likeness (QED) is 0.603. The predicted molar refractivity (Wildman–Crippen MR) is 63.5 cm³/mol. The van der Waals surface area contributed by atoms with Crippen LogP contribution in [0.5, 0.6) is 5.88 Å². The molecule has 3 N–H and O–H groups in total. The number of ether oxygens (including phenoxy) is 2. The van der Waals surface area contributed by atoms with Crippen LogP contribution in [-0.4, -0.2) is 29.3 Å². The topological polar surface area (TPSA) is 82.3 Å². The highest BCUT2D eigenvalue weighted by molar-refractivity contribution is 5.31. The van der Waals surface area contributed by atoms with Crippen LogP contribution in [0, 0.1) is 0 Å². The van der Waals surface area contributed by atoms with Crippen molar-refractivity contribution in [2.24, 2.45) is 5.84 Å². The Balaban J connectivity index is 1.95. The summed E-state index contributed by atoms with van der Waals surface area (Å²) in [4.78, 5) is 8.17. The van der Waals surface area contributed by atoms with E-state index in [0.29, 0.717) is 11.7 Å². The van der Waals surface area contributed by atoms with Gasteiger partial charge in [0.05, 0.1) is 18.5 Å². The first-order valence-electron chi connectivity index (χ1n) is 5.80. The Labute approximate surface area is 101 Å². The lowest BCUT2D eigenvalue weighted by molar-refractivity contribution is 0.0194. The summed E-state index contributed by atoms with van der Waals surface area (Å²) in [6.45, 7) is 0. The van der Waals surface area contributed by atoms with Crippen molar-refractivity contribution in [3.05, 3.63) is 12.4 Å². The number of hydrogen-bond donors (Lipinski definition) is 2. The Morgan fingerprint density at radius 1 is 1.35 bits per heavy atom. The van der Waals surface area contributed by atoms with E-state index in [1.165, 1.54) is 0 Å². The largest absolute Gasteiger partial charge is 0.473 e. The van der Waals surface area contributed by atoms with Gasteiger partial charge in [0.25, 0.3) is 0 Å². The monoisotopic (exact) mass is 238 g/mol. The molecule has 94 valence electrons. The molecule has 0 spiro atoms. The van der Waals surface area contributed by atoms with Crippen molar-refractivity contribution in [2.45, 2.75) is 37.9 Å². The number of hydrogen-bond acceptors (Lipinski definition) is 6. The maximum atomic E-state index is 5.78. The average Bonchev–Trinajstić information content (AvgIpc) is 2.39. The fraction of sp³-hybridized carbons (Fsp3) is 0.636. The molecular formula is C11H18N4O2. The maximum absolute atomic E-state index is 5.78. The summed E-state index contributed by atoms with van der Waals surface area (Å²) in [5.74, 6) is 6.27. The third-order valence-electron chi connectivity index (χ3n) is 2.96. The van der Waals surface area contributed by atoms with Crippen LogP contribution in [0.3, 0.4) is 0 Å². The molecule has 6 heteroatoms. The van der Waals surface area contributed by atoms with E-state index in [4.69, 9.17) is 15.3 Å². The van der Waals surface area contributed by atoms with Gasteiger partial charge < -0.3 is 14.9 Å². The first-order valence-corrected chi connectivity index (χ1v) is 5.80. The van der Waals surface area contributed by atoms with Gasteiger partial charge >= 0.3 is 0 Å². The number of nitrogen functional groups attached to an aromatic ring is 1. The number of hydrazine groups is 1. The molecule has 1 aliphatic rings. The highest BCUT2D eigenvalue weighted by Crippen LogP contribution is 2.24. The molecule has 0 aliphatic heterocycles. The van der Waals surface area contributed by atoms with Crippen molar-refractivity contribution in [1.29, 1.82) is 0 Å². The van der Waals surface area contributed by atoms with E-state index in [1.54, 1.807) is 19.5 Å². The van der Waals surface area contributed by atoms with Gasteiger partial charge in [0.15, 0.2) is 5.82 Å². The number of nitrogens with zero attached hydrogens (tertiary/aromatic N) is 2. The number of rotatable bonds is 4. The van der Waals surface area contributed by atoms with Gasteiger partial charge in [-0.2, -0.15) is 4.98 Å². The molecule has 17 heavy (non-hydrogen) atoms. The Bertz CT molecular complexity index is 361. The van der Waals surface area contributed by atoms with Crippen LogP contribution in [0.25, 0.3) is 0 Å². The van der Waals surface area contributed by atoms with E-state index < -0.39 is 0 Å². The standard InChI is InChI=1S/C11H18N4O2/c1-16-8-3-2-4-9(5-8)17-11-7-13-6-10(14-11)15-12/h6-9H,2-5,12H2,1H3,(H,14,15). The van der Waals surface area contributed by atoms with Gasteiger partial charge in [-0.3, -0.25) is 4.98 Å². The number of nitrogens with two attached hydrogens (primary N) is 1. The van der Waals surface area contributed by atoms with Gasteiger partial charge in [-0.1, -0.05) is 0 Å². The lowest BCUT2D eigenvalue weighted by Gasteiger charge is -2.28. The average molecular weight is 238 g/mol. The molecule has 0 bridgehead atoms. The second kappa shape index (κ2) is 5.79. The third-order valence-corrected chi connectivity index (χ3v) is 2.96. The lowest BCUT2D eigenvalue weighted by atomic mass is 9.95. The smallest absolute Gasteiger partial charge is 0.234 e. The molecule has 2 rings (SSSR count). The van der Waals surface area contributed by atoms with Gasteiger partial charge in [0, 0.05) is 13.5 Å². The number of anilines is 1. The predicted octanol–water partition coefficient (Wildman–Crippen LogP) is 1.10. The molecule has 1 aromatic rings. The van der Waals surface area contributed by atoms with Crippen molar-refractivity contribution in [3.63, 3.8) is 0 Å². The van der Waals surface area contributed by atoms with Crippen LogP contribution in [0.2, 0.25) is 0 Å². The fourth-order valence-corrected chi connectivity index (χ4v) is 2.07. The van der Waals surface area contributed by atoms with Crippen molar-refractivity contribution in [1.82, 2.24) is 9.97 Å². The molecule has 2 unspecified atom stereocenters. The van der Waals surface area contributed by atoms with Crippen LogP contribution in [0.15, 0.2) is 12.4 Å². The maximum Gasteiger partial charge on any atom is 0.234 e. The molecule has 0 amide bonds. The van der Waals surface area contributed by atoms with Crippen LogP contribution in [-0.2, 0) is 4.74 Å². The van der Waals surface area contributed by atoms with Crippen molar-refractivity contribution < 1.29 is 9.47 Å². The van der Waals surface area contributed by atoms with Crippen LogP contribution >= 0.6 is 0 Å². The van der Waals surface area contributed by atoms with Crippen molar-refractivity contribution >= 4 is 5.82 Å². The summed E-state index contributed by atoms with van der Waals surface area (Å²) in [7, 11) is 1.74. The molecule has 0 aromatic carbocycles. The highest BCUT2D eigenvalue weighted by atomic mass is 16.5. The first-order chi connectivity index (χ1) is 8.31. The van der Waals surface area contributed by atoms with Gasteiger partial charge in [-0.15, -0.1) is 0 Å². The zero-order valence-corrected chi connectivity index (χ0v) is 9.93. The van der Waals surface area contributed by atoms with Crippen LogP contribution in [0.4, 0.5) is 5.82 Å². The van der Waals surface area contributed by atoms with Gasteiger partial charge in [0.1, 0.15) is 6.10 Å². The second-order valence-corrected chi connectivity index (χ2v) is 4.15. The van der Waals surface area contributed by atoms with Crippen LogP contribution < -0.4 is 16.0 Å². The SMILES string of the molecule is COC1CCCC(Oc2cncc(NN)n2)C1. The van der Waals surface area contributed by atoms with E-state index >= 15 is 0 Å². The summed E-state index contributed by atoms with van der Waals surface area (Å²) in [6.07, 6.45) is 7.73. The molecular weight excluding hydrogens is 220 g/mol. The molecule has 1 heterocycles. The normalized spacial score (nSPS) is 24.4. The van der Waals surface area contributed by atoms with E-state index in [1.807, 2.05) is 0 Å². The van der Waals surface area contributed by atoms with Crippen molar-refractivity contribution in [2.75, 3.05) is 12.5 Å². The number of aromatic nitrogens is 2. The summed E-state index contributed by atoms with van der Waals surface area (Å²) in [5.41, 5.74) is 2.45. The zero-order valence-electron chi connectivity index (χ0n) is 9.93. The Morgan fingerprint density at radius 2 is 2.18 bits per heavy atom. The number of methoxy groups -OCH3 is 1. The zero-order chi connectivity index (χ0) is 12.1. The van der Waals surface area contributed by atoms with Gasteiger partial charge in [-0.25, -0.2) is 5.84 Å². The van der Waals surface area contributed by atoms with Crippen LogP contribution in [0.1, 0.15) is 25.7 Å². The second-order valence-electron chi connectivity index (χ2n) is 4.15. The van der Waals surface area contributed by atoms with Gasteiger partial charge in [-0.05, 0) is 19.3 Å². The molecule has 2 atom stereocenters. The molecule has 1 saturated carbocycles. The van der Waals surface area contributed by atoms with E-state index in [9.17, 15) is 0 Å². The molecule has 1 aliphatic carbocycles. The third kappa shape index (κ3) is 3.28. The first kappa shape index (κ1) is 12.1. The Morgan fingerprint density at radius 3 is 2.94 bits per heavy atom. The van der Waals surface area contributed by atoms with Gasteiger partial charge in [0.2, 0.25) is 5.88 Å². The molecule has 1 fully saturated rings. The molecule has 1 aromatic heterocycles. The Hall–Kier alpha value is -1.40. The highest BCUT2D eigenvalue weighted by Gasteiger charge is 2.23.